The summed E-state index contributed by atoms with van der Waals surface area (Å²) in [7, 11) is 0. The summed E-state index contributed by atoms with van der Waals surface area (Å²) in [6.45, 7) is 3.54. The second-order valence-corrected chi connectivity index (χ2v) is 8.12. The molecule has 1 heterocycles. The molecule has 0 aromatic heterocycles. The lowest BCUT2D eigenvalue weighted by atomic mass is 10.0. The summed E-state index contributed by atoms with van der Waals surface area (Å²) in [5.41, 5.74) is 0.107. The summed E-state index contributed by atoms with van der Waals surface area (Å²) in [6, 6.07) is 3.77. The van der Waals surface area contributed by atoms with Crippen molar-refractivity contribution in [3.05, 3.63) is 33.8 Å². The van der Waals surface area contributed by atoms with Crippen molar-refractivity contribution in [1.82, 2.24) is 16.0 Å². The van der Waals surface area contributed by atoms with E-state index in [1.54, 1.807) is 18.2 Å². The van der Waals surface area contributed by atoms with Crippen LogP contribution in [0.1, 0.15) is 55.3 Å². The van der Waals surface area contributed by atoms with Crippen LogP contribution >= 0.6 is 23.2 Å². The SMILES string of the molecule is O=C(N[C@@H](CCCCCCCCNC1=NCCNC1)C(=O)O)c1c(Cl)cccc1Cl. The topological polar surface area (TPSA) is 103 Å². The van der Waals surface area contributed by atoms with E-state index in [9.17, 15) is 14.7 Å². The van der Waals surface area contributed by atoms with Gasteiger partial charge in [0.25, 0.3) is 5.91 Å². The number of hydrogen-bond acceptors (Lipinski definition) is 5. The molecule has 7 nitrogen and oxygen atoms in total. The Labute approximate surface area is 187 Å². The monoisotopic (exact) mass is 456 g/mol. The van der Waals surface area contributed by atoms with Crippen LogP contribution in [0.25, 0.3) is 0 Å². The molecule has 0 unspecified atom stereocenters. The van der Waals surface area contributed by atoms with Crippen molar-refractivity contribution >= 4 is 40.9 Å². The molecule has 2 rings (SSSR count). The van der Waals surface area contributed by atoms with Crippen molar-refractivity contribution in [1.29, 1.82) is 0 Å². The standard InChI is InChI=1S/C21H30Cl2N4O3/c22-15-8-7-9-16(23)19(15)20(28)27-17(21(29)30)10-5-3-1-2-4-6-11-25-18-14-24-12-13-26-18/h7-9,17,24H,1-6,10-14H2,(H,25,26)(H,27,28)(H,29,30)/t17-/m0/s1. The Hall–Kier alpha value is -1.83. The minimum absolute atomic E-state index is 0.107. The molecule has 4 N–H and O–H groups in total. The summed E-state index contributed by atoms with van der Waals surface area (Å²) < 4.78 is 0. The molecule has 30 heavy (non-hydrogen) atoms. The highest BCUT2D eigenvalue weighted by molar-refractivity contribution is 6.39. The number of aliphatic imine (C=N–C) groups is 1. The van der Waals surface area contributed by atoms with Crippen LogP contribution in [0.5, 0.6) is 0 Å². The second-order valence-electron chi connectivity index (χ2n) is 7.30. The number of nitrogens with zero attached hydrogens (tertiary/aromatic N) is 1. The van der Waals surface area contributed by atoms with E-state index in [0.29, 0.717) is 6.42 Å². The Morgan fingerprint density at radius 2 is 1.77 bits per heavy atom. The van der Waals surface area contributed by atoms with E-state index < -0.39 is 17.9 Å². The lowest BCUT2D eigenvalue weighted by Gasteiger charge is -2.16. The van der Waals surface area contributed by atoms with Crippen LogP contribution in [0.2, 0.25) is 10.0 Å². The summed E-state index contributed by atoms with van der Waals surface area (Å²) in [5.74, 6) is -0.581. The molecular formula is C21H30Cl2N4O3. The lowest BCUT2D eigenvalue weighted by molar-refractivity contribution is -0.139. The molecule has 1 amide bonds. The summed E-state index contributed by atoms with van der Waals surface area (Å²) >= 11 is 12.0. The summed E-state index contributed by atoms with van der Waals surface area (Å²) in [4.78, 5) is 28.3. The van der Waals surface area contributed by atoms with Crippen molar-refractivity contribution in [2.75, 3.05) is 26.2 Å². The zero-order valence-electron chi connectivity index (χ0n) is 17.1. The third-order valence-electron chi connectivity index (χ3n) is 4.93. The maximum absolute atomic E-state index is 12.4. The van der Waals surface area contributed by atoms with E-state index >= 15 is 0 Å². The quantitative estimate of drug-likeness (QED) is 0.360. The van der Waals surface area contributed by atoms with E-state index in [1.165, 1.54) is 0 Å². The van der Waals surface area contributed by atoms with Gasteiger partial charge in [-0.3, -0.25) is 9.79 Å². The molecule has 166 valence electrons. The van der Waals surface area contributed by atoms with Gasteiger partial charge in [-0.2, -0.15) is 0 Å². The fourth-order valence-electron chi connectivity index (χ4n) is 3.27. The first-order valence-corrected chi connectivity index (χ1v) is 11.2. The summed E-state index contributed by atoms with van der Waals surface area (Å²) in [6.07, 6.45) is 6.39. The predicted molar refractivity (Wildman–Crippen MR) is 121 cm³/mol. The van der Waals surface area contributed by atoms with Crippen molar-refractivity contribution in [2.24, 2.45) is 4.99 Å². The molecule has 1 aliphatic rings. The normalized spacial score (nSPS) is 14.7. The summed E-state index contributed by atoms with van der Waals surface area (Å²) in [5, 5.41) is 19.0. The second kappa shape index (κ2) is 13.5. The average Bonchev–Trinajstić information content (AvgIpc) is 2.72. The number of carboxylic acids is 1. The van der Waals surface area contributed by atoms with E-state index in [0.717, 1.165) is 70.5 Å². The molecule has 1 atom stereocenters. The fourth-order valence-corrected chi connectivity index (χ4v) is 3.84. The van der Waals surface area contributed by atoms with Crippen molar-refractivity contribution in [3.8, 4) is 0 Å². The zero-order valence-corrected chi connectivity index (χ0v) is 18.6. The van der Waals surface area contributed by atoms with Crippen molar-refractivity contribution < 1.29 is 14.7 Å². The number of rotatable bonds is 12. The van der Waals surface area contributed by atoms with Crippen molar-refractivity contribution in [2.45, 2.75) is 51.0 Å². The third kappa shape index (κ3) is 8.50. The Kier molecular flexibility index (Phi) is 11.0. The minimum atomic E-state index is -1.06. The number of aliphatic carboxylic acids is 1. The van der Waals surface area contributed by atoms with Gasteiger partial charge in [-0.05, 0) is 25.0 Å². The Morgan fingerprint density at radius 3 is 2.40 bits per heavy atom. The first-order valence-electron chi connectivity index (χ1n) is 10.4. The lowest BCUT2D eigenvalue weighted by Crippen LogP contribution is -2.41. The first kappa shape index (κ1) is 24.4. The van der Waals surface area contributed by atoms with Crippen molar-refractivity contribution in [3.63, 3.8) is 0 Å². The van der Waals surface area contributed by atoms with E-state index in [2.05, 4.69) is 20.9 Å². The van der Waals surface area contributed by atoms with Gasteiger partial charge >= 0.3 is 5.97 Å². The molecule has 0 saturated carbocycles. The van der Waals surface area contributed by atoms with Crippen LogP contribution in [0.15, 0.2) is 23.2 Å². The molecule has 1 aromatic carbocycles. The number of hydrogen-bond donors (Lipinski definition) is 4. The molecule has 1 aliphatic heterocycles. The molecule has 0 bridgehead atoms. The molecule has 0 spiro atoms. The minimum Gasteiger partial charge on any atom is -0.480 e. The molecule has 0 radical (unpaired) electrons. The highest BCUT2D eigenvalue weighted by Crippen LogP contribution is 2.24. The van der Waals surface area contributed by atoms with Gasteiger partial charge in [-0.1, -0.05) is 61.4 Å². The molecule has 9 heteroatoms. The number of amides is 1. The molecular weight excluding hydrogens is 427 g/mol. The largest absolute Gasteiger partial charge is 0.480 e. The van der Waals surface area contributed by atoms with Gasteiger partial charge in [-0.15, -0.1) is 0 Å². The van der Waals surface area contributed by atoms with Gasteiger partial charge in [0.2, 0.25) is 0 Å². The Bertz CT molecular complexity index is 723. The van der Waals surface area contributed by atoms with Gasteiger partial charge in [0, 0.05) is 13.1 Å². The average molecular weight is 457 g/mol. The molecule has 0 saturated heterocycles. The van der Waals surface area contributed by atoms with Crippen LogP contribution in [0, 0.1) is 0 Å². The molecule has 0 fully saturated rings. The van der Waals surface area contributed by atoms with Gasteiger partial charge in [-0.25, -0.2) is 4.79 Å². The third-order valence-corrected chi connectivity index (χ3v) is 5.56. The van der Waals surface area contributed by atoms with Gasteiger partial charge < -0.3 is 21.1 Å². The van der Waals surface area contributed by atoms with E-state index in [-0.39, 0.29) is 15.6 Å². The number of unbranched alkanes of at least 4 members (excludes halogenated alkanes) is 5. The van der Waals surface area contributed by atoms with E-state index in [1.807, 2.05) is 0 Å². The van der Waals surface area contributed by atoms with Gasteiger partial charge in [0.05, 0.1) is 28.7 Å². The van der Waals surface area contributed by atoms with Crippen LogP contribution in [-0.2, 0) is 4.79 Å². The van der Waals surface area contributed by atoms with Gasteiger partial charge in [0.15, 0.2) is 0 Å². The Balaban J connectivity index is 1.60. The number of nitrogens with one attached hydrogen (secondary N) is 3. The number of halogens is 2. The van der Waals surface area contributed by atoms with Crippen LogP contribution in [0.3, 0.4) is 0 Å². The number of carboxylic acid groups (broad SMARTS) is 1. The molecule has 0 aliphatic carbocycles. The zero-order chi connectivity index (χ0) is 21.8. The van der Waals surface area contributed by atoms with Gasteiger partial charge in [0.1, 0.15) is 11.9 Å². The number of carbonyl (C=O) groups is 2. The highest BCUT2D eigenvalue weighted by atomic mass is 35.5. The predicted octanol–water partition coefficient (Wildman–Crippen LogP) is 3.50. The van der Waals surface area contributed by atoms with Crippen LogP contribution in [-0.4, -0.2) is 55.0 Å². The number of benzene rings is 1. The maximum Gasteiger partial charge on any atom is 0.326 e. The van der Waals surface area contributed by atoms with Crippen LogP contribution < -0.4 is 16.0 Å². The smallest absolute Gasteiger partial charge is 0.326 e. The first-order chi connectivity index (χ1) is 14.5. The Morgan fingerprint density at radius 1 is 1.10 bits per heavy atom. The van der Waals surface area contributed by atoms with E-state index in [4.69, 9.17) is 23.2 Å². The fraction of sp³-hybridized carbons (Fsp3) is 0.571. The molecule has 1 aromatic rings. The number of amidine groups is 1. The highest BCUT2D eigenvalue weighted by Gasteiger charge is 2.22. The van der Waals surface area contributed by atoms with Crippen LogP contribution in [0.4, 0.5) is 0 Å². The maximum atomic E-state index is 12.4. The number of carbonyl (C=O) groups excluding carboxylic acids is 1.